The highest BCUT2D eigenvalue weighted by atomic mass is 35.5. The van der Waals surface area contributed by atoms with E-state index in [4.69, 9.17) is 16.3 Å². The summed E-state index contributed by atoms with van der Waals surface area (Å²) in [7, 11) is 1.62. The van der Waals surface area contributed by atoms with E-state index in [0.29, 0.717) is 16.5 Å². The van der Waals surface area contributed by atoms with E-state index < -0.39 is 0 Å². The minimum Gasteiger partial charge on any atom is -0.497 e. The zero-order valence-electron chi connectivity index (χ0n) is 13.4. The highest BCUT2D eigenvalue weighted by Crippen LogP contribution is 2.20. The third-order valence-electron chi connectivity index (χ3n) is 3.75. The topological polar surface area (TPSA) is 68.5 Å². The number of hydrogen-bond acceptors (Lipinski definition) is 4. The van der Waals surface area contributed by atoms with Crippen molar-refractivity contribution in [2.75, 3.05) is 7.11 Å². The molecule has 0 radical (unpaired) electrons. The molecule has 0 saturated carbocycles. The molecule has 0 saturated heterocycles. The standard InChI is InChI=1S/C17H17ClN4O2/c1-3-13(11-4-6-12(24-2)7-5-11)20-17(23)14-10-22-16(19-14)9-8-15(18)21-22/h4-10,13H,3H2,1-2H3,(H,20,23)/t13-/m1/s1. The quantitative estimate of drug-likeness (QED) is 0.771. The largest absolute Gasteiger partial charge is 0.497 e. The number of benzene rings is 1. The third-order valence-corrected chi connectivity index (χ3v) is 3.95. The second kappa shape index (κ2) is 6.88. The Kier molecular flexibility index (Phi) is 4.66. The van der Waals surface area contributed by atoms with Gasteiger partial charge in [0.15, 0.2) is 5.65 Å². The Labute approximate surface area is 144 Å². The first-order chi connectivity index (χ1) is 11.6. The van der Waals surface area contributed by atoms with E-state index in [1.54, 1.807) is 25.4 Å². The van der Waals surface area contributed by atoms with Crippen LogP contribution in [0.25, 0.3) is 5.65 Å². The molecule has 0 unspecified atom stereocenters. The molecule has 0 aliphatic carbocycles. The van der Waals surface area contributed by atoms with Crippen molar-refractivity contribution in [2.45, 2.75) is 19.4 Å². The van der Waals surface area contributed by atoms with Gasteiger partial charge in [-0.3, -0.25) is 4.79 Å². The number of halogens is 1. The molecule has 0 fully saturated rings. The van der Waals surface area contributed by atoms with Crippen LogP contribution >= 0.6 is 11.6 Å². The number of hydrogen-bond donors (Lipinski definition) is 1. The van der Waals surface area contributed by atoms with Crippen LogP contribution in [0.1, 0.15) is 35.4 Å². The second-order valence-electron chi connectivity index (χ2n) is 5.29. The average Bonchev–Trinajstić information content (AvgIpc) is 3.03. The van der Waals surface area contributed by atoms with Crippen LogP contribution in [0.3, 0.4) is 0 Å². The van der Waals surface area contributed by atoms with Crippen LogP contribution in [0.4, 0.5) is 0 Å². The SMILES string of the molecule is CC[C@@H](NC(=O)c1cn2nc(Cl)ccc2n1)c1ccc(OC)cc1. The molecular formula is C17H17ClN4O2. The van der Waals surface area contributed by atoms with E-state index >= 15 is 0 Å². The van der Waals surface area contributed by atoms with E-state index in [1.807, 2.05) is 31.2 Å². The van der Waals surface area contributed by atoms with Gasteiger partial charge in [0.25, 0.3) is 5.91 Å². The fraction of sp³-hybridized carbons (Fsp3) is 0.235. The van der Waals surface area contributed by atoms with Crippen molar-refractivity contribution >= 4 is 23.2 Å². The zero-order valence-corrected chi connectivity index (χ0v) is 14.1. The van der Waals surface area contributed by atoms with Gasteiger partial charge >= 0.3 is 0 Å². The van der Waals surface area contributed by atoms with Crippen molar-refractivity contribution in [2.24, 2.45) is 0 Å². The van der Waals surface area contributed by atoms with Crippen molar-refractivity contribution in [3.8, 4) is 5.75 Å². The van der Waals surface area contributed by atoms with E-state index in [9.17, 15) is 4.79 Å². The maximum Gasteiger partial charge on any atom is 0.272 e. The lowest BCUT2D eigenvalue weighted by atomic mass is 10.0. The minimum atomic E-state index is -0.251. The molecule has 124 valence electrons. The van der Waals surface area contributed by atoms with Crippen LogP contribution in [0, 0.1) is 0 Å². The van der Waals surface area contributed by atoms with Gasteiger partial charge in [0.1, 0.15) is 16.6 Å². The molecule has 0 aliphatic rings. The Morgan fingerprint density at radius 3 is 2.71 bits per heavy atom. The monoisotopic (exact) mass is 344 g/mol. The summed E-state index contributed by atoms with van der Waals surface area (Å²) in [5.74, 6) is 0.530. The highest BCUT2D eigenvalue weighted by molar-refractivity contribution is 6.29. The summed E-state index contributed by atoms with van der Waals surface area (Å²) in [6.45, 7) is 2.01. The van der Waals surface area contributed by atoms with Gasteiger partial charge in [0.2, 0.25) is 0 Å². The molecule has 1 atom stereocenters. The Bertz CT molecular complexity index is 861. The molecule has 0 aliphatic heterocycles. The number of carbonyl (C=O) groups is 1. The smallest absolute Gasteiger partial charge is 0.272 e. The summed E-state index contributed by atoms with van der Waals surface area (Å²) < 4.78 is 6.65. The zero-order chi connectivity index (χ0) is 17.1. The van der Waals surface area contributed by atoms with Gasteiger partial charge in [-0.1, -0.05) is 30.7 Å². The van der Waals surface area contributed by atoms with Crippen LogP contribution < -0.4 is 10.1 Å². The van der Waals surface area contributed by atoms with Crippen LogP contribution in [-0.4, -0.2) is 27.6 Å². The lowest BCUT2D eigenvalue weighted by molar-refractivity contribution is 0.0931. The molecule has 2 heterocycles. The second-order valence-corrected chi connectivity index (χ2v) is 5.68. The van der Waals surface area contributed by atoms with Crippen molar-refractivity contribution < 1.29 is 9.53 Å². The number of methoxy groups -OCH3 is 1. The van der Waals surface area contributed by atoms with E-state index in [2.05, 4.69) is 15.4 Å². The molecule has 24 heavy (non-hydrogen) atoms. The van der Waals surface area contributed by atoms with E-state index in [1.165, 1.54) is 4.52 Å². The van der Waals surface area contributed by atoms with Gasteiger partial charge in [0, 0.05) is 0 Å². The Balaban J connectivity index is 1.79. The Morgan fingerprint density at radius 2 is 2.04 bits per heavy atom. The normalized spacial score (nSPS) is 12.1. The lowest BCUT2D eigenvalue weighted by Crippen LogP contribution is -2.28. The van der Waals surface area contributed by atoms with Crippen LogP contribution in [0.2, 0.25) is 5.15 Å². The number of fused-ring (bicyclic) bond motifs is 1. The fourth-order valence-corrected chi connectivity index (χ4v) is 2.60. The predicted octanol–water partition coefficient (Wildman–Crippen LogP) is 3.27. The van der Waals surface area contributed by atoms with Gasteiger partial charge in [-0.05, 0) is 36.2 Å². The number of nitrogens with zero attached hydrogens (tertiary/aromatic N) is 3. The van der Waals surface area contributed by atoms with Crippen molar-refractivity contribution in [1.82, 2.24) is 19.9 Å². The average molecular weight is 345 g/mol. The van der Waals surface area contributed by atoms with Gasteiger partial charge < -0.3 is 10.1 Å². The first-order valence-electron chi connectivity index (χ1n) is 7.57. The summed E-state index contributed by atoms with van der Waals surface area (Å²) >= 11 is 5.85. The number of rotatable bonds is 5. The molecule has 1 amide bonds. The minimum absolute atomic E-state index is 0.107. The van der Waals surface area contributed by atoms with Gasteiger partial charge in [0.05, 0.1) is 19.3 Å². The summed E-state index contributed by atoms with van der Waals surface area (Å²) in [6.07, 6.45) is 2.33. The molecule has 0 bridgehead atoms. The molecule has 2 aromatic heterocycles. The summed E-state index contributed by atoms with van der Waals surface area (Å²) in [6, 6.07) is 10.9. The first kappa shape index (κ1) is 16.3. The van der Waals surface area contributed by atoms with Gasteiger partial charge in [-0.2, -0.15) is 5.10 Å². The molecule has 1 aromatic carbocycles. The summed E-state index contributed by atoms with van der Waals surface area (Å²) in [5, 5.41) is 7.42. The maximum atomic E-state index is 12.5. The number of nitrogens with one attached hydrogen (secondary N) is 1. The maximum absolute atomic E-state index is 12.5. The molecule has 6 nitrogen and oxygen atoms in total. The van der Waals surface area contributed by atoms with Crippen molar-refractivity contribution in [3.63, 3.8) is 0 Å². The Morgan fingerprint density at radius 1 is 1.29 bits per heavy atom. The number of imidazole rings is 1. The third kappa shape index (κ3) is 3.33. The fourth-order valence-electron chi connectivity index (χ4n) is 2.46. The molecule has 1 N–H and O–H groups in total. The van der Waals surface area contributed by atoms with Crippen LogP contribution in [-0.2, 0) is 0 Å². The lowest BCUT2D eigenvalue weighted by Gasteiger charge is -2.17. The molecule has 7 heteroatoms. The summed E-state index contributed by atoms with van der Waals surface area (Å²) in [4.78, 5) is 16.8. The van der Waals surface area contributed by atoms with Crippen molar-refractivity contribution in [3.05, 3.63) is 59.0 Å². The molecular weight excluding hydrogens is 328 g/mol. The predicted molar refractivity (Wildman–Crippen MR) is 91.5 cm³/mol. The van der Waals surface area contributed by atoms with Crippen molar-refractivity contribution in [1.29, 1.82) is 0 Å². The summed E-state index contributed by atoms with van der Waals surface area (Å²) in [5.41, 5.74) is 1.88. The number of amides is 1. The van der Waals surface area contributed by atoms with Gasteiger partial charge in [-0.15, -0.1) is 0 Å². The molecule has 3 rings (SSSR count). The van der Waals surface area contributed by atoms with E-state index in [-0.39, 0.29) is 11.9 Å². The molecule has 3 aromatic rings. The molecule has 0 spiro atoms. The highest BCUT2D eigenvalue weighted by Gasteiger charge is 2.17. The van der Waals surface area contributed by atoms with Crippen LogP contribution in [0.15, 0.2) is 42.6 Å². The number of ether oxygens (including phenoxy) is 1. The number of carbonyl (C=O) groups excluding carboxylic acids is 1. The van der Waals surface area contributed by atoms with Crippen LogP contribution in [0.5, 0.6) is 5.75 Å². The Hall–Kier alpha value is -2.60. The number of aromatic nitrogens is 3. The van der Waals surface area contributed by atoms with Gasteiger partial charge in [-0.25, -0.2) is 9.50 Å². The first-order valence-corrected chi connectivity index (χ1v) is 7.95. The van der Waals surface area contributed by atoms with E-state index in [0.717, 1.165) is 17.7 Å².